The maximum Gasteiger partial charge on any atom is 0.337 e. The molecule has 0 spiro atoms. The van der Waals surface area contributed by atoms with E-state index < -0.39 is 5.97 Å². The van der Waals surface area contributed by atoms with Crippen molar-refractivity contribution in [2.45, 2.75) is 71.3 Å². The van der Waals surface area contributed by atoms with Gasteiger partial charge in [-0.25, -0.2) is 4.79 Å². The minimum Gasteiger partial charge on any atom is -0.478 e. The molecular weight excluding hydrogens is 278 g/mol. The molecule has 1 aromatic rings. The lowest BCUT2D eigenvalue weighted by Gasteiger charge is -2.04. The van der Waals surface area contributed by atoms with E-state index in [2.05, 4.69) is 6.92 Å². The highest BCUT2D eigenvalue weighted by atomic mass is 16.5. The van der Waals surface area contributed by atoms with Gasteiger partial charge in [-0.2, -0.15) is 0 Å². The smallest absolute Gasteiger partial charge is 0.337 e. The average Bonchev–Trinajstić information content (AvgIpc) is 2.97. The molecule has 0 aliphatic carbocycles. The first-order valence-corrected chi connectivity index (χ1v) is 8.71. The van der Waals surface area contributed by atoms with E-state index in [1.165, 1.54) is 51.4 Å². The van der Waals surface area contributed by atoms with Gasteiger partial charge in [0.1, 0.15) is 0 Å². The van der Waals surface area contributed by atoms with Crippen LogP contribution in [0.3, 0.4) is 0 Å². The Kier molecular flexibility index (Phi) is 10.5. The van der Waals surface area contributed by atoms with Gasteiger partial charge in [0.2, 0.25) is 0 Å². The first-order chi connectivity index (χ1) is 10.7. The fourth-order valence-corrected chi connectivity index (χ4v) is 2.44. The summed E-state index contributed by atoms with van der Waals surface area (Å²) in [6.07, 6.45) is 14.6. The Morgan fingerprint density at radius 2 is 1.68 bits per heavy atom. The second kappa shape index (κ2) is 12.3. The normalized spacial score (nSPS) is 11.0. The predicted molar refractivity (Wildman–Crippen MR) is 89.4 cm³/mol. The van der Waals surface area contributed by atoms with E-state index in [4.69, 9.17) is 9.84 Å². The average molecular weight is 309 g/mol. The summed E-state index contributed by atoms with van der Waals surface area (Å²) in [5, 5.41) is 8.85. The molecule has 0 fully saturated rings. The molecule has 0 radical (unpaired) electrons. The number of hydrogen-bond acceptors (Lipinski definition) is 2. The van der Waals surface area contributed by atoms with E-state index in [-0.39, 0.29) is 0 Å². The molecule has 1 rings (SSSR count). The number of nitrogens with zero attached hydrogens (tertiary/aromatic N) is 1. The molecule has 0 saturated heterocycles. The third-order valence-electron chi connectivity index (χ3n) is 3.84. The van der Waals surface area contributed by atoms with E-state index in [1.54, 1.807) is 12.3 Å². The van der Waals surface area contributed by atoms with Crippen LogP contribution in [0.25, 0.3) is 0 Å². The van der Waals surface area contributed by atoms with Crippen LogP contribution in [0.5, 0.6) is 0 Å². The van der Waals surface area contributed by atoms with Gasteiger partial charge in [0.25, 0.3) is 0 Å². The molecule has 1 heterocycles. The number of carboxylic acid groups (broad SMARTS) is 1. The molecule has 0 bridgehead atoms. The van der Waals surface area contributed by atoms with E-state index >= 15 is 0 Å². The maximum atomic E-state index is 10.8. The van der Waals surface area contributed by atoms with Crippen LogP contribution in [0, 0.1) is 0 Å². The fourth-order valence-electron chi connectivity index (χ4n) is 2.44. The number of aromatic nitrogens is 1. The number of aromatic carboxylic acids is 1. The third-order valence-corrected chi connectivity index (χ3v) is 3.84. The number of hydrogen-bond donors (Lipinski definition) is 1. The molecule has 0 saturated carbocycles. The second-order valence-corrected chi connectivity index (χ2v) is 5.88. The summed E-state index contributed by atoms with van der Waals surface area (Å²) in [6, 6.07) is 1.66. The second-order valence-electron chi connectivity index (χ2n) is 5.88. The van der Waals surface area contributed by atoms with Crippen molar-refractivity contribution in [2.24, 2.45) is 0 Å². The van der Waals surface area contributed by atoms with Crippen LogP contribution in [0.15, 0.2) is 18.5 Å². The Morgan fingerprint density at radius 1 is 1.05 bits per heavy atom. The molecule has 0 aliphatic rings. The molecule has 22 heavy (non-hydrogen) atoms. The number of rotatable bonds is 14. The number of carboxylic acids is 1. The summed E-state index contributed by atoms with van der Waals surface area (Å²) in [7, 11) is 0. The van der Waals surface area contributed by atoms with Gasteiger partial charge in [-0.05, 0) is 25.3 Å². The van der Waals surface area contributed by atoms with E-state index in [9.17, 15) is 4.79 Å². The number of ether oxygens (including phenoxy) is 1. The van der Waals surface area contributed by atoms with Gasteiger partial charge in [-0.1, -0.05) is 45.4 Å². The molecule has 126 valence electrons. The van der Waals surface area contributed by atoms with Gasteiger partial charge in [0.15, 0.2) is 0 Å². The highest BCUT2D eigenvalue weighted by Crippen LogP contribution is 2.09. The van der Waals surface area contributed by atoms with Crippen molar-refractivity contribution >= 4 is 5.97 Å². The van der Waals surface area contributed by atoms with E-state index in [1.807, 2.05) is 10.8 Å². The highest BCUT2D eigenvalue weighted by Gasteiger charge is 2.03. The first-order valence-electron chi connectivity index (χ1n) is 8.71. The molecular formula is C18H31NO3. The maximum absolute atomic E-state index is 10.8. The standard InChI is InChI=1S/C18H31NO3/c1-2-3-14-22-15-10-8-6-4-5-7-9-12-19-13-11-17(16-19)18(20)21/h11,13,16H,2-10,12,14-15H2,1H3,(H,20,21). The van der Waals surface area contributed by atoms with Crippen LogP contribution < -0.4 is 0 Å². The van der Waals surface area contributed by atoms with Gasteiger partial charge in [0, 0.05) is 32.2 Å². The summed E-state index contributed by atoms with van der Waals surface area (Å²) in [6.45, 7) is 4.93. The lowest BCUT2D eigenvalue weighted by atomic mass is 10.1. The third kappa shape index (κ3) is 8.88. The van der Waals surface area contributed by atoms with Gasteiger partial charge in [-0.3, -0.25) is 0 Å². The molecule has 0 atom stereocenters. The predicted octanol–water partition coefficient (Wildman–Crippen LogP) is 4.73. The number of carbonyl (C=O) groups is 1. The minimum absolute atomic E-state index is 0.376. The SMILES string of the molecule is CCCCOCCCCCCCCCn1ccc(C(=O)O)c1. The Morgan fingerprint density at radius 3 is 2.32 bits per heavy atom. The van der Waals surface area contributed by atoms with E-state index in [0.29, 0.717) is 5.56 Å². The topological polar surface area (TPSA) is 51.5 Å². The summed E-state index contributed by atoms with van der Waals surface area (Å²) >= 11 is 0. The van der Waals surface area contributed by atoms with Crippen molar-refractivity contribution in [3.8, 4) is 0 Å². The van der Waals surface area contributed by atoms with Gasteiger partial charge < -0.3 is 14.4 Å². The van der Waals surface area contributed by atoms with Crippen LogP contribution in [0.2, 0.25) is 0 Å². The zero-order chi connectivity index (χ0) is 16.0. The number of unbranched alkanes of at least 4 members (excludes halogenated alkanes) is 7. The van der Waals surface area contributed by atoms with Crippen molar-refractivity contribution in [1.82, 2.24) is 4.57 Å². The van der Waals surface area contributed by atoms with Crippen molar-refractivity contribution in [3.05, 3.63) is 24.0 Å². The Bertz CT molecular complexity index is 401. The van der Waals surface area contributed by atoms with Crippen molar-refractivity contribution < 1.29 is 14.6 Å². The molecule has 0 unspecified atom stereocenters. The van der Waals surface area contributed by atoms with E-state index in [0.717, 1.165) is 26.2 Å². The Balaban J connectivity index is 1.86. The zero-order valence-electron chi connectivity index (χ0n) is 13.9. The molecule has 0 aliphatic heterocycles. The van der Waals surface area contributed by atoms with Crippen LogP contribution in [-0.4, -0.2) is 28.9 Å². The quantitative estimate of drug-likeness (QED) is 0.505. The first kappa shape index (κ1) is 18.8. The Labute approximate surface area is 134 Å². The van der Waals surface area contributed by atoms with Crippen molar-refractivity contribution in [1.29, 1.82) is 0 Å². The zero-order valence-corrected chi connectivity index (χ0v) is 13.9. The molecule has 4 nitrogen and oxygen atoms in total. The van der Waals surface area contributed by atoms with Crippen molar-refractivity contribution in [3.63, 3.8) is 0 Å². The summed E-state index contributed by atoms with van der Waals surface area (Å²) in [5.74, 6) is -0.850. The summed E-state index contributed by atoms with van der Waals surface area (Å²) in [4.78, 5) is 10.8. The van der Waals surface area contributed by atoms with Crippen LogP contribution in [0.1, 0.15) is 75.1 Å². The van der Waals surface area contributed by atoms with Gasteiger partial charge in [-0.15, -0.1) is 0 Å². The monoisotopic (exact) mass is 309 g/mol. The number of aryl methyl sites for hydroxylation is 1. The Hall–Kier alpha value is -1.29. The van der Waals surface area contributed by atoms with Crippen LogP contribution in [0.4, 0.5) is 0 Å². The van der Waals surface area contributed by atoms with Crippen LogP contribution in [-0.2, 0) is 11.3 Å². The molecule has 0 aromatic carbocycles. The molecule has 1 N–H and O–H groups in total. The lowest BCUT2D eigenvalue weighted by molar-refractivity contribution is 0.0697. The van der Waals surface area contributed by atoms with Crippen molar-refractivity contribution in [2.75, 3.05) is 13.2 Å². The molecule has 0 amide bonds. The van der Waals surface area contributed by atoms with Gasteiger partial charge >= 0.3 is 5.97 Å². The lowest BCUT2D eigenvalue weighted by Crippen LogP contribution is -1.97. The van der Waals surface area contributed by atoms with Crippen LogP contribution >= 0.6 is 0 Å². The summed E-state index contributed by atoms with van der Waals surface area (Å²) < 4.78 is 7.51. The largest absolute Gasteiger partial charge is 0.478 e. The van der Waals surface area contributed by atoms with Gasteiger partial charge in [0.05, 0.1) is 5.56 Å². The summed E-state index contributed by atoms with van der Waals surface area (Å²) in [5.41, 5.74) is 0.376. The molecule has 1 aromatic heterocycles. The molecule has 4 heteroatoms. The minimum atomic E-state index is -0.850. The highest BCUT2D eigenvalue weighted by molar-refractivity contribution is 5.87. The fraction of sp³-hybridized carbons (Fsp3) is 0.722.